The van der Waals surface area contributed by atoms with E-state index >= 15 is 0 Å². The van der Waals surface area contributed by atoms with E-state index in [-0.39, 0.29) is 12.1 Å². The average Bonchev–Trinajstić information content (AvgIpc) is 2.33. The van der Waals surface area contributed by atoms with E-state index in [0.29, 0.717) is 5.92 Å². The highest BCUT2D eigenvalue weighted by atomic mass is 16.5. The van der Waals surface area contributed by atoms with Gasteiger partial charge < -0.3 is 4.74 Å². The monoisotopic (exact) mass is 270 g/mol. The molecule has 0 aromatic carbocycles. The van der Waals surface area contributed by atoms with Crippen LogP contribution in [0.1, 0.15) is 86.0 Å². The van der Waals surface area contributed by atoms with Crippen molar-refractivity contribution in [2.45, 2.75) is 92.1 Å². The second-order valence-corrected chi connectivity index (χ2v) is 6.18. The highest BCUT2D eigenvalue weighted by Crippen LogP contribution is 2.20. The Labute approximate surface area is 120 Å². The first kappa shape index (κ1) is 18.5. The summed E-state index contributed by atoms with van der Waals surface area (Å²) in [4.78, 5) is 10.9. The van der Waals surface area contributed by atoms with E-state index in [4.69, 9.17) is 4.74 Å². The number of rotatable bonds is 11. The van der Waals surface area contributed by atoms with Gasteiger partial charge in [-0.2, -0.15) is 0 Å². The van der Waals surface area contributed by atoms with E-state index in [1.807, 2.05) is 6.92 Å². The Balaban J connectivity index is 3.57. The lowest BCUT2D eigenvalue weighted by molar-refractivity contribution is -0.147. The maximum absolute atomic E-state index is 10.9. The third-order valence-corrected chi connectivity index (χ3v) is 4.06. The molecule has 2 heteroatoms. The van der Waals surface area contributed by atoms with Gasteiger partial charge in [0.25, 0.3) is 0 Å². The van der Waals surface area contributed by atoms with Gasteiger partial charge in [-0.1, -0.05) is 65.7 Å². The molecule has 0 aromatic rings. The van der Waals surface area contributed by atoms with Gasteiger partial charge in [0.15, 0.2) is 0 Å². The predicted octanol–water partition coefficient (Wildman–Crippen LogP) is 5.35. The average molecular weight is 270 g/mol. The fourth-order valence-corrected chi connectivity index (χ4v) is 2.46. The Morgan fingerprint density at radius 3 is 2.16 bits per heavy atom. The Morgan fingerprint density at radius 1 is 0.947 bits per heavy atom. The zero-order valence-electron chi connectivity index (χ0n) is 13.7. The number of hydrogen-bond donors (Lipinski definition) is 0. The van der Waals surface area contributed by atoms with E-state index < -0.39 is 0 Å². The Kier molecular flexibility index (Phi) is 11.0. The van der Waals surface area contributed by atoms with Gasteiger partial charge in [-0.05, 0) is 25.2 Å². The van der Waals surface area contributed by atoms with Crippen molar-refractivity contribution in [1.29, 1.82) is 0 Å². The van der Waals surface area contributed by atoms with Gasteiger partial charge >= 0.3 is 5.97 Å². The first-order chi connectivity index (χ1) is 8.97. The smallest absolute Gasteiger partial charge is 0.302 e. The summed E-state index contributed by atoms with van der Waals surface area (Å²) in [6.07, 6.45) is 10.6. The molecule has 19 heavy (non-hydrogen) atoms. The van der Waals surface area contributed by atoms with Crippen LogP contribution in [0.4, 0.5) is 0 Å². The molecule has 0 fully saturated rings. The molecule has 0 aliphatic heterocycles. The van der Waals surface area contributed by atoms with Gasteiger partial charge in [-0.25, -0.2) is 0 Å². The summed E-state index contributed by atoms with van der Waals surface area (Å²) >= 11 is 0. The fourth-order valence-electron chi connectivity index (χ4n) is 2.46. The zero-order valence-corrected chi connectivity index (χ0v) is 13.7. The minimum absolute atomic E-state index is 0.0531. The molecule has 0 aliphatic carbocycles. The van der Waals surface area contributed by atoms with Crippen LogP contribution < -0.4 is 0 Å². The van der Waals surface area contributed by atoms with Gasteiger partial charge in [-0.15, -0.1) is 0 Å². The lowest BCUT2D eigenvalue weighted by Gasteiger charge is -2.20. The van der Waals surface area contributed by atoms with Crippen molar-refractivity contribution >= 4 is 5.97 Å². The molecule has 0 aliphatic rings. The largest absolute Gasteiger partial charge is 0.463 e. The van der Waals surface area contributed by atoms with Crippen LogP contribution in [0.15, 0.2) is 0 Å². The van der Waals surface area contributed by atoms with E-state index in [1.165, 1.54) is 51.9 Å². The maximum atomic E-state index is 10.9. The quantitative estimate of drug-likeness (QED) is 0.373. The van der Waals surface area contributed by atoms with E-state index in [2.05, 4.69) is 20.8 Å². The van der Waals surface area contributed by atoms with Crippen molar-refractivity contribution in [3.8, 4) is 0 Å². The van der Waals surface area contributed by atoms with Gasteiger partial charge in [0.05, 0.1) is 0 Å². The molecule has 0 heterocycles. The molecular formula is C17H34O2. The lowest BCUT2D eigenvalue weighted by Crippen LogP contribution is -2.20. The molecule has 0 saturated carbocycles. The number of esters is 1. The van der Waals surface area contributed by atoms with Gasteiger partial charge in [0.2, 0.25) is 0 Å². The molecule has 0 amide bonds. The van der Waals surface area contributed by atoms with E-state index in [0.717, 1.165) is 12.3 Å². The van der Waals surface area contributed by atoms with Crippen molar-refractivity contribution < 1.29 is 9.53 Å². The topological polar surface area (TPSA) is 26.3 Å². The van der Waals surface area contributed by atoms with Crippen molar-refractivity contribution in [2.75, 3.05) is 0 Å². The summed E-state index contributed by atoms with van der Waals surface area (Å²) < 4.78 is 5.22. The van der Waals surface area contributed by atoms with Crippen molar-refractivity contribution in [1.82, 2.24) is 0 Å². The number of ether oxygens (including phenoxy) is 1. The van der Waals surface area contributed by atoms with E-state index in [1.54, 1.807) is 0 Å². The highest BCUT2D eigenvalue weighted by Gasteiger charge is 2.15. The maximum Gasteiger partial charge on any atom is 0.302 e. The molecule has 0 bridgehead atoms. The second kappa shape index (κ2) is 11.3. The summed E-state index contributed by atoms with van der Waals surface area (Å²) in [6.45, 7) is 10.3. The number of unbranched alkanes of at least 4 members (excludes halogenated alkanes) is 3. The van der Waals surface area contributed by atoms with Crippen LogP contribution in [-0.2, 0) is 9.53 Å². The molecule has 3 atom stereocenters. The van der Waals surface area contributed by atoms with Crippen LogP contribution in [0.5, 0.6) is 0 Å². The lowest BCUT2D eigenvalue weighted by atomic mass is 9.93. The summed E-state index contributed by atoms with van der Waals surface area (Å²) in [7, 11) is 0. The zero-order chi connectivity index (χ0) is 14.7. The Bertz CT molecular complexity index is 225. The highest BCUT2D eigenvalue weighted by molar-refractivity contribution is 5.66. The summed E-state index contributed by atoms with van der Waals surface area (Å²) in [6, 6.07) is 0. The first-order valence-electron chi connectivity index (χ1n) is 8.14. The van der Waals surface area contributed by atoms with Crippen LogP contribution in [-0.4, -0.2) is 12.1 Å². The predicted molar refractivity (Wildman–Crippen MR) is 82.2 cm³/mol. The molecule has 0 rings (SSSR count). The van der Waals surface area contributed by atoms with Crippen molar-refractivity contribution in [3.63, 3.8) is 0 Å². The normalized spacial score (nSPS) is 15.8. The molecule has 0 N–H and O–H groups in total. The Hall–Kier alpha value is -0.530. The first-order valence-corrected chi connectivity index (χ1v) is 8.14. The third kappa shape index (κ3) is 11.0. The fraction of sp³-hybridized carbons (Fsp3) is 0.941. The number of carbonyl (C=O) groups excluding carboxylic acids is 1. The summed E-state index contributed by atoms with van der Waals surface area (Å²) in [5.41, 5.74) is 0. The second-order valence-electron chi connectivity index (χ2n) is 6.18. The van der Waals surface area contributed by atoms with Crippen molar-refractivity contribution in [2.24, 2.45) is 11.8 Å². The third-order valence-electron chi connectivity index (χ3n) is 4.06. The molecule has 0 radical (unpaired) electrons. The molecular weight excluding hydrogens is 236 g/mol. The van der Waals surface area contributed by atoms with E-state index in [9.17, 15) is 4.79 Å². The SMILES string of the molecule is CCCCCC[C@@H](C)CCC[C@@H](C)[C@H](C)OC(C)=O. The minimum Gasteiger partial charge on any atom is -0.463 e. The standard InChI is InChI=1S/C17H34O2/c1-6-7-8-9-11-14(2)12-10-13-15(3)16(4)19-17(5)18/h14-16H,6-13H2,1-5H3/t14-,15-,16+/m1/s1. The molecule has 0 spiro atoms. The molecule has 114 valence electrons. The number of hydrogen-bond acceptors (Lipinski definition) is 2. The molecule has 2 nitrogen and oxygen atoms in total. The van der Waals surface area contributed by atoms with Crippen molar-refractivity contribution in [3.05, 3.63) is 0 Å². The van der Waals surface area contributed by atoms with Crippen LogP contribution in [0.3, 0.4) is 0 Å². The van der Waals surface area contributed by atoms with Gasteiger partial charge in [0.1, 0.15) is 6.10 Å². The van der Waals surface area contributed by atoms with Crippen LogP contribution in [0.25, 0.3) is 0 Å². The molecule has 0 saturated heterocycles. The Morgan fingerprint density at radius 2 is 1.58 bits per heavy atom. The summed E-state index contributed by atoms with van der Waals surface area (Å²) in [5.74, 6) is 1.15. The van der Waals surface area contributed by atoms with Crippen LogP contribution in [0.2, 0.25) is 0 Å². The van der Waals surface area contributed by atoms with Crippen LogP contribution in [0, 0.1) is 11.8 Å². The van der Waals surface area contributed by atoms with Gasteiger partial charge in [0, 0.05) is 6.92 Å². The van der Waals surface area contributed by atoms with Crippen LogP contribution >= 0.6 is 0 Å². The molecule has 0 aromatic heterocycles. The number of carbonyl (C=O) groups is 1. The molecule has 0 unspecified atom stereocenters. The minimum atomic E-state index is -0.163. The summed E-state index contributed by atoms with van der Waals surface area (Å²) in [5, 5.41) is 0. The van der Waals surface area contributed by atoms with Gasteiger partial charge in [-0.3, -0.25) is 4.79 Å².